The summed E-state index contributed by atoms with van der Waals surface area (Å²) in [4.78, 5) is 9.33. The van der Waals surface area contributed by atoms with Crippen LogP contribution in [0.25, 0.3) is 0 Å². The highest BCUT2D eigenvalue weighted by Crippen LogP contribution is 2.46. The van der Waals surface area contributed by atoms with Crippen molar-refractivity contribution in [3.8, 4) is 0 Å². The number of benzene rings is 9. The molecule has 278 valence electrons. The Hall–Kier alpha value is -7.82. The molecule has 58 heavy (non-hydrogen) atoms. The molecule has 0 N–H and O–H groups in total. The first kappa shape index (κ1) is 35.9. The first-order chi connectivity index (χ1) is 28.8. The highest BCUT2D eigenvalue weighted by atomic mass is 15.2. The van der Waals surface area contributed by atoms with E-state index in [-0.39, 0.29) is 0 Å². The van der Waals surface area contributed by atoms with Crippen molar-refractivity contribution in [3.63, 3.8) is 0 Å². The molecule has 4 heteroatoms. The van der Waals surface area contributed by atoms with Crippen LogP contribution in [0.2, 0.25) is 0 Å². The topological polar surface area (TPSA) is 13.0 Å². The molecule has 0 bridgehead atoms. The fourth-order valence-electron chi connectivity index (χ4n) is 7.55. The van der Waals surface area contributed by atoms with Gasteiger partial charge in [-0.2, -0.15) is 0 Å². The molecule has 4 nitrogen and oxygen atoms in total. The van der Waals surface area contributed by atoms with Crippen molar-refractivity contribution in [2.24, 2.45) is 0 Å². The van der Waals surface area contributed by atoms with Crippen LogP contribution in [0.3, 0.4) is 0 Å². The van der Waals surface area contributed by atoms with Crippen LogP contribution in [-0.4, -0.2) is 0 Å². The van der Waals surface area contributed by atoms with E-state index in [1.54, 1.807) is 0 Å². The van der Waals surface area contributed by atoms with E-state index >= 15 is 0 Å². The van der Waals surface area contributed by atoms with E-state index < -0.39 is 0 Å². The zero-order valence-corrected chi connectivity index (χ0v) is 32.0. The molecule has 9 rings (SSSR count). The second kappa shape index (κ2) is 16.9. The molecule has 0 saturated carbocycles. The minimum Gasteiger partial charge on any atom is -0.311 e. The van der Waals surface area contributed by atoms with E-state index in [1.165, 1.54) is 0 Å². The highest BCUT2D eigenvalue weighted by molar-refractivity contribution is 5.90. The summed E-state index contributed by atoms with van der Waals surface area (Å²) in [6.07, 6.45) is 0. The van der Waals surface area contributed by atoms with Gasteiger partial charge in [0.2, 0.25) is 0 Å². The van der Waals surface area contributed by atoms with Gasteiger partial charge in [-0.15, -0.1) is 0 Å². The predicted octanol–water partition coefficient (Wildman–Crippen LogP) is 15.6. The lowest BCUT2D eigenvalue weighted by molar-refractivity contribution is 1.22. The Morgan fingerprint density at radius 1 is 0.138 bits per heavy atom. The average molecular weight is 747 g/mol. The predicted molar refractivity (Wildman–Crippen MR) is 245 cm³/mol. The molecular weight excluding hydrogens is 705 g/mol. The van der Waals surface area contributed by atoms with Crippen LogP contribution in [0.5, 0.6) is 0 Å². The third kappa shape index (κ3) is 7.68. The molecule has 0 saturated heterocycles. The van der Waals surface area contributed by atoms with E-state index in [0.717, 1.165) is 68.2 Å². The summed E-state index contributed by atoms with van der Waals surface area (Å²) in [6.45, 7) is 0. The van der Waals surface area contributed by atoms with E-state index in [4.69, 9.17) is 0 Å². The molecule has 9 aromatic rings. The van der Waals surface area contributed by atoms with Crippen molar-refractivity contribution in [2.75, 3.05) is 19.6 Å². The molecule has 0 radical (unpaired) electrons. The zero-order chi connectivity index (χ0) is 38.9. The Morgan fingerprint density at radius 3 is 0.448 bits per heavy atom. The van der Waals surface area contributed by atoms with E-state index in [2.05, 4.69) is 274 Å². The normalized spacial score (nSPS) is 10.8. The summed E-state index contributed by atoms with van der Waals surface area (Å²) in [5.74, 6) is 0. The Balaban J connectivity index is 1.26. The fourth-order valence-corrected chi connectivity index (χ4v) is 7.55. The minimum absolute atomic E-state index is 1.02. The molecule has 0 aliphatic carbocycles. The number of nitrogens with zero attached hydrogens (tertiary/aromatic N) is 4. The lowest BCUT2D eigenvalue weighted by atomic mass is 10.1. The smallest absolute Gasteiger partial charge is 0.0503 e. The van der Waals surface area contributed by atoms with E-state index in [1.807, 2.05) is 0 Å². The van der Waals surface area contributed by atoms with Crippen molar-refractivity contribution in [3.05, 3.63) is 255 Å². The Morgan fingerprint density at radius 2 is 0.276 bits per heavy atom. The van der Waals surface area contributed by atoms with Crippen LogP contribution in [0.4, 0.5) is 68.2 Å². The van der Waals surface area contributed by atoms with Gasteiger partial charge >= 0.3 is 0 Å². The van der Waals surface area contributed by atoms with E-state index in [9.17, 15) is 0 Å². The standard InChI is InChI=1S/C54H42N4/c1-8-22-43(23-9-1)55(44-24-10-2-11-25-44)50-36-38-51(39-37-50)58(49-34-20-7-21-35-49)54-41-52(56(45-26-12-3-13-27-45)46-28-14-4-15-29-46)40-53(42-54)57(47-30-16-5-17-31-47)48-32-18-6-19-33-48/h1-42H. The molecule has 0 heterocycles. The van der Waals surface area contributed by atoms with Crippen LogP contribution < -0.4 is 19.6 Å². The first-order valence-corrected chi connectivity index (χ1v) is 19.6. The Bertz CT molecular complexity index is 2420. The maximum absolute atomic E-state index is 2.36. The van der Waals surface area contributed by atoms with Gasteiger partial charge in [0, 0.05) is 51.2 Å². The van der Waals surface area contributed by atoms with Crippen LogP contribution in [-0.2, 0) is 0 Å². The zero-order valence-electron chi connectivity index (χ0n) is 32.0. The van der Waals surface area contributed by atoms with Gasteiger partial charge in [0.05, 0.1) is 17.1 Å². The van der Waals surface area contributed by atoms with Crippen molar-refractivity contribution < 1.29 is 0 Å². The van der Waals surface area contributed by atoms with Gasteiger partial charge in [0.15, 0.2) is 0 Å². The molecular formula is C54H42N4. The molecule has 0 unspecified atom stereocenters. The minimum atomic E-state index is 1.02. The largest absolute Gasteiger partial charge is 0.311 e. The second-order valence-corrected chi connectivity index (χ2v) is 13.9. The van der Waals surface area contributed by atoms with Crippen molar-refractivity contribution >= 4 is 68.2 Å². The van der Waals surface area contributed by atoms with Crippen molar-refractivity contribution in [2.45, 2.75) is 0 Å². The molecule has 0 aliphatic heterocycles. The molecule has 0 fully saturated rings. The van der Waals surface area contributed by atoms with Crippen molar-refractivity contribution in [1.29, 1.82) is 0 Å². The molecule has 9 aromatic carbocycles. The number of hydrogen-bond acceptors (Lipinski definition) is 4. The average Bonchev–Trinajstić information content (AvgIpc) is 3.30. The molecule has 0 atom stereocenters. The molecule has 0 spiro atoms. The lowest BCUT2D eigenvalue weighted by Crippen LogP contribution is -2.16. The monoisotopic (exact) mass is 746 g/mol. The van der Waals surface area contributed by atoms with Crippen LogP contribution in [0, 0.1) is 0 Å². The summed E-state index contributed by atoms with van der Waals surface area (Å²) < 4.78 is 0. The molecule has 0 aliphatic rings. The summed E-state index contributed by atoms with van der Waals surface area (Å²) in [5, 5.41) is 0. The van der Waals surface area contributed by atoms with Gasteiger partial charge in [-0.05, 0) is 127 Å². The number of anilines is 12. The SMILES string of the molecule is c1ccc(N(c2ccccc2)c2ccc(N(c3ccccc3)c3cc(N(c4ccccc4)c4ccccc4)cc(N(c4ccccc4)c4ccccc4)c3)cc2)cc1. The van der Waals surface area contributed by atoms with Crippen molar-refractivity contribution in [1.82, 2.24) is 0 Å². The van der Waals surface area contributed by atoms with Gasteiger partial charge in [0.25, 0.3) is 0 Å². The maximum Gasteiger partial charge on any atom is 0.0503 e. The van der Waals surface area contributed by atoms with Gasteiger partial charge in [0.1, 0.15) is 0 Å². The second-order valence-electron chi connectivity index (χ2n) is 13.9. The summed E-state index contributed by atoms with van der Waals surface area (Å²) in [6, 6.07) is 90.0. The molecule has 0 aromatic heterocycles. The summed E-state index contributed by atoms with van der Waals surface area (Å²) in [7, 11) is 0. The van der Waals surface area contributed by atoms with Gasteiger partial charge in [-0.25, -0.2) is 0 Å². The van der Waals surface area contributed by atoms with Crippen LogP contribution >= 0.6 is 0 Å². The fraction of sp³-hybridized carbons (Fsp3) is 0. The van der Waals surface area contributed by atoms with Gasteiger partial charge in [-0.1, -0.05) is 127 Å². The van der Waals surface area contributed by atoms with Gasteiger partial charge < -0.3 is 19.6 Å². The number of hydrogen-bond donors (Lipinski definition) is 0. The van der Waals surface area contributed by atoms with Crippen LogP contribution in [0.1, 0.15) is 0 Å². The van der Waals surface area contributed by atoms with E-state index in [0.29, 0.717) is 0 Å². The quantitative estimate of drug-likeness (QED) is 0.123. The van der Waals surface area contributed by atoms with Crippen LogP contribution in [0.15, 0.2) is 255 Å². The summed E-state index contributed by atoms with van der Waals surface area (Å²) >= 11 is 0. The number of rotatable bonds is 12. The first-order valence-electron chi connectivity index (χ1n) is 19.6. The maximum atomic E-state index is 2.36. The van der Waals surface area contributed by atoms with Gasteiger partial charge in [-0.3, -0.25) is 0 Å². The summed E-state index contributed by atoms with van der Waals surface area (Å²) in [5.41, 5.74) is 12.7. The molecule has 0 amide bonds. The third-order valence-corrected chi connectivity index (χ3v) is 10.1. The highest BCUT2D eigenvalue weighted by Gasteiger charge is 2.22. The Labute approximate surface area is 341 Å². The Kier molecular flexibility index (Phi) is 10.5. The number of para-hydroxylation sites is 7. The lowest BCUT2D eigenvalue weighted by Gasteiger charge is -2.33. The third-order valence-electron chi connectivity index (χ3n) is 10.1.